The molecule has 1 fully saturated rings. The first-order valence-electron chi connectivity index (χ1n) is 9.98. The van der Waals surface area contributed by atoms with Crippen LogP contribution in [0.1, 0.15) is 42.9 Å². The molecule has 1 aromatic heterocycles. The highest BCUT2D eigenvalue weighted by atomic mass is 19.4. The van der Waals surface area contributed by atoms with Crippen molar-refractivity contribution in [2.45, 2.75) is 56.8 Å². The largest absolute Gasteiger partial charge is 0.487 e. The van der Waals surface area contributed by atoms with E-state index in [9.17, 15) is 18.0 Å². The maximum absolute atomic E-state index is 13.2. The van der Waals surface area contributed by atoms with E-state index in [2.05, 4.69) is 10.3 Å². The average molecular weight is 420 g/mol. The summed E-state index contributed by atoms with van der Waals surface area (Å²) in [5.74, 6) is -0.723. The maximum Gasteiger partial charge on any atom is 0.419 e. The van der Waals surface area contributed by atoms with E-state index in [0.29, 0.717) is 19.3 Å². The zero-order valence-corrected chi connectivity index (χ0v) is 16.5. The van der Waals surface area contributed by atoms with Crippen LogP contribution in [0.5, 0.6) is 5.75 Å². The van der Waals surface area contributed by atoms with Crippen LogP contribution in [-0.4, -0.2) is 27.7 Å². The van der Waals surface area contributed by atoms with Gasteiger partial charge < -0.3 is 15.2 Å². The van der Waals surface area contributed by atoms with Crippen molar-refractivity contribution in [3.05, 3.63) is 53.2 Å². The van der Waals surface area contributed by atoms with E-state index in [1.165, 1.54) is 12.3 Å². The van der Waals surface area contributed by atoms with Crippen molar-refractivity contribution >= 4 is 11.8 Å². The molecule has 4 rings (SSSR count). The number of ether oxygens (including phenoxy) is 1. The second-order valence-electron chi connectivity index (χ2n) is 8.32. The summed E-state index contributed by atoms with van der Waals surface area (Å²) in [4.78, 5) is 15.0. The molecule has 2 aromatic rings. The molecule has 2 aliphatic rings. The summed E-state index contributed by atoms with van der Waals surface area (Å²) in [6.45, 7) is 1.67. The van der Waals surface area contributed by atoms with Crippen LogP contribution in [0, 0.1) is 5.92 Å². The normalized spacial score (nSPS) is 23.8. The summed E-state index contributed by atoms with van der Waals surface area (Å²) < 4.78 is 45.8. The van der Waals surface area contributed by atoms with Gasteiger partial charge in [0.05, 0.1) is 11.5 Å². The first-order chi connectivity index (χ1) is 14.2. The zero-order valence-electron chi connectivity index (χ0n) is 16.5. The molecular formula is C22H23F3N2O3. The third kappa shape index (κ3) is 4.08. The van der Waals surface area contributed by atoms with Crippen molar-refractivity contribution in [2.24, 2.45) is 5.92 Å². The number of aryl methyl sites for hydroxylation is 1. The van der Waals surface area contributed by atoms with Gasteiger partial charge >= 0.3 is 12.1 Å². The van der Waals surface area contributed by atoms with Crippen LogP contribution in [0.2, 0.25) is 0 Å². The van der Waals surface area contributed by atoms with Gasteiger partial charge in [0.1, 0.15) is 17.2 Å². The van der Waals surface area contributed by atoms with Gasteiger partial charge in [0.15, 0.2) is 0 Å². The maximum atomic E-state index is 13.2. The fraction of sp³-hybridized carbons (Fsp3) is 0.455. The number of aliphatic carboxylic acids is 1. The van der Waals surface area contributed by atoms with Crippen molar-refractivity contribution in [1.82, 2.24) is 4.98 Å². The van der Waals surface area contributed by atoms with Crippen molar-refractivity contribution in [3.8, 4) is 5.75 Å². The van der Waals surface area contributed by atoms with E-state index in [4.69, 9.17) is 9.84 Å². The van der Waals surface area contributed by atoms with Crippen LogP contribution >= 0.6 is 0 Å². The zero-order chi connectivity index (χ0) is 21.5. The fourth-order valence-corrected chi connectivity index (χ4v) is 4.29. The van der Waals surface area contributed by atoms with Crippen LogP contribution in [0.25, 0.3) is 0 Å². The predicted octanol–water partition coefficient (Wildman–Crippen LogP) is 4.70. The highest BCUT2D eigenvalue weighted by Crippen LogP contribution is 2.47. The van der Waals surface area contributed by atoms with Gasteiger partial charge in [0.2, 0.25) is 0 Å². The number of nitrogens with one attached hydrogen (secondary N) is 1. The molecule has 1 aliphatic heterocycles. The first kappa shape index (κ1) is 20.5. The molecular weight excluding hydrogens is 397 g/mol. The van der Waals surface area contributed by atoms with E-state index < -0.39 is 29.2 Å². The van der Waals surface area contributed by atoms with Crippen molar-refractivity contribution in [2.75, 3.05) is 5.32 Å². The molecule has 5 nitrogen and oxygen atoms in total. The van der Waals surface area contributed by atoms with E-state index in [1.807, 2.05) is 18.2 Å². The van der Waals surface area contributed by atoms with E-state index >= 15 is 0 Å². The fourth-order valence-electron chi connectivity index (χ4n) is 4.29. The van der Waals surface area contributed by atoms with Gasteiger partial charge in [0, 0.05) is 25.1 Å². The molecule has 1 unspecified atom stereocenters. The van der Waals surface area contributed by atoms with Crippen molar-refractivity contribution in [1.29, 1.82) is 0 Å². The number of benzene rings is 1. The molecule has 30 heavy (non-hydrogen) atoms. The Morgan fingerprint density at radius 1 is 1.37 bits per heavy atom. The molecule has 0 saturated heterocycles. The van der Waals surface area contributed by atoms with Crippen LogP contribution in [0.3, 0.4) is 0 Å². The molecule has 160 valence electrons. The molecule has 1 saturated carbocycles. The lowest BCUT2D eigenvalue weighted by molar-refractivity contribution is -0.141. The molecule has 2 N–H and O–H groups in total. The van der Waals surface area contributed by atoms with Gasteiger partial charge in [-0.3, -0.25) is 4.79 Å². The number of anilines is 1. The quantitative estimate of drug-likeness (QED) is 0.734. The summed E-state index contributed by atoms with van der Waals surface area (Å²) in [6, 6.07) is 7.97. The number of carboxylic acids is 1. The van der Waals surface area contributed by atoms with E-state index in [-0.39, 0.29) is 11.9 Å². The van der Waals surface area contributed by atoms with E-state index in [1.54, 1.807) is 6.92 Å². The van der Waals surface area contributed by atoms with Crippen LogP contribution in [0.15, 0.2) is 36.5 Å². The second kappa shape index (κ2) is 7.49. The van der Waals surface area contributed by atoms with Gasteiger partial charge in [-0.2, -0.15) is 13.2 Å². The van der Waals surface area contributed by atoms with Gasteiger partial charge in [-0.25, -0.2) is 4.98 Å². The monoisotopic (exact) mass is 420 g/mol. The molecule has 1 atom stereocenters. The Bertz CT molecular complexity index is 955. The number of pyridine rings is 1. The lowest BCUT2D eigenvalue weighted by Crippen LogP contribution is -2.56. The Labute approximate surface area is 172 Å². The smallest absolute Gasteiger partial charge is 0.419 e. The molecule has 1 aliphatic carbocycles. The molecule has 2 heterocycles. The lowest BCUT2D eigenvalue weighted by Gasteiger charge is -2.50. The van der Waals surface area contributed by atoms with Gasteiger partial charge in [-0.1, -0.05) is 19.1 Å². The Morgan fingerprint density at radius 3 is 2.83 bits per heavy atom. The highest BCUT2D eigenvalue weighted by Gasteiger charge is 2.49. The highest BCUT2D eigenvalue weighted by molar-refractivity contribution is 5.70. The van der Waals surface area contributed by atoms with Crippen LogP contribution in [0.4, 0.5) is 19.0 Å². The summed E-state index contributed by atoms with van der Waals surface area (Å²) in [5.41, 5.74) is 0.818. The Hall–Kier alpha value is -2.77. The Balaban J connectivity index is 1.42. The standard InChI is InChI=1S/C22H23F3N2O3/c1-13(20(28)29)9-14-4-5-15-6-7-21(30-18(15)10-14)11-16(12-21)27-19-17(22(23,24)25)3-2-8-26-19/h2-5,8,10,13,16H,6-7,9,11-12H2,1H3,(H,26,27)(H,28,29). The van der Waals surface area contributed by atoms with Crippen LogP contribution in [-0.2, 0) is 23.8 Å². The molecule has 0 radical (unpaired) electrons. The van der Waals surface area contributed by atoms with Crippen LogP contribution < -0.4 is 10.1 Å². The van der Waals surface area contributed by atoms with E-state index in [0.717, 1.165) is 35.8 Å². The number of alkyl halides is 3. The van der Waals surface area contributed by atoms with Gasteiger partial charge in [0.25, 0.3) is 0 Å². The summed E-state index contributed by atoms with van der Waals surface area (Å²) >= 11 is 0. The molecule has 8 heteroatoms. The van der Waals surface area contributed by atoms with Gasteiger partial charge in [-0.05, 0) is 48.6 Å². The van der Waals surface area contributed by atoms with Gasteiger partial charge in [-0.15, -0.1) is 0 Å². The molecule has 0 amide bonds. The summed E-state index contributed by atoms with van der Waals surface area (Å²) in [6.07, 6.45) is 0.127. The number of rotatable bonds is 5. The number of fused-ring (bicyclic) bond motifs is 1. The number of nitrogens with zero attached hydrogens (tertiary/aromatic N) is 1. The average Bonchev–Trinajstić information content (AvgIpc) is 2.66. The number of carboxylic acid groups (broad SMARTS) is 1. The third-order valence-corrected chi connectivity index (χ3v) is 5.96. The summed E-state index contributed by atoms with van der Waals surface area (Å²) in [5, 5.41) is 12.0. The number of carbonyl (C=O) groups is 1. The lowest BCUT2D eigenvalue weighted by atomic mass is 9.71. The number of aromatic nitrogens is 1. The predicted molar refractivity (Wildman–Crippen MR) is 105 cm³/mol. The SMILES string of the molecule is CC(Cc1ccc2c(c1)OC1(CC2)CC(Nc2ncccc2C(F)(F)F)C1)C(=O)O. The molecule has 0 bridgehead atoms. The number of halogens is 3. The second-order valence-corrected chi connectivity index (χ2v) is 8.32. The number of hydrogen-bond donors (Lipinski definition) is 2. The minimum atomic E-state index is -4.46. The summed E-state index contributed by atoms with van der Waals surface area (Å²) in [7, 11) is 0. The number of hydrogen-bond acceptors (Lipinski definition) is 4. The van der Waals surface area contributed by atoms with Crippen molar-refractivity contribution in [3.63, 3.8) is 0 Å². The first-order valence-corrected chi connectivity index (χ1v) is 9.98. The molecule has 1 aromatic carbocycles. The molecule has 1 spiro atoms. The van der Waals surface area contributed by atoms with Crippen molar-refractivity contribution < 1.29 is 27.8 Å². The minimum absolute atomic E-state index is 0.141. The topological polar surface area (TPSA) is 71.5 Å². The Kier molecular flexibility index (Phi) is 5.11. The Morgan fingerprint density at radius 2 is 2.13 bits per heavy atom. The third-order valence-electron chi connectivity index (χ3n) is 5.96. The minimum Gasteiger partial charge on any atom is -0.487 e.